The fourth-order valence-corrected chi connectivity index (χ4v) is 6.07. The van der Waals surface area contributed by atoms with Crippen LogP contribution in [0, 0.1) is 5.92 Å². The number of carbonyl (C=O) groups is 1. The lowest BCUT2D eigenvalue weighted by atomic mass is 9.80. The highest BCUT2D eigenvalue weighted by Gasteiger charge is 2.38. The van der Waals surface area contributed by atoms with Crippen LogP contribution in [-0.4, -0.2) is 84.0 Å². The summed E-state index contributed by atoms with van der Waals surface area (Å²) >= 11 is 2.09. The summed E-state index contributed by atoms with van der Waals surface area (Å²) in [6, 6.07) is 0.396. The highest BCUT2D eigenvalue weighted by atomic mass is 32.2. The normalized spacial score (nSPS) is 24.1. The summed E-state index contributed by atoms with van der Waals surface area (Å²) in [6.07, 6.45) is 8.62. The van der Waals surface area contributed by atoms with E-state index in [9.17, 15) is 4.79 Å². The van der Waals surface area contributed by atoms with Gasteiger partial charge in [-0.2, -0.15) is 11.8 Å². The molecule has 2 saturated heterocycles. The third kappa shape index (κ3) is 6.28. The number of aliphatic imine (C=N–C) groups is 1. The van der Waals surface area contributed by atoms with Crippen LogP contribution in [-0.2, 0) is 4.79 Å². The van der Waals surface area contributed by atoms with Gasteiger partial charge in [-0.25, -0.2) is 0 Å². The van der Waals surface area contributed by atoms with Gasteiger partial charge in [-0.3, -0.25) is 14.7 Å². The van der Waals surface area contributed by atoms with Crippen molar-refractivity contribution in [3.8, 4) is 0 Å². The third-order valence-electron chi connectivity index (χ3n) is 6.98. The van der Waals surface area contributed by atoms with Gasteiger partial charge in [0.2, 0.25) is 5.91 Å². The van der Waals surface area contributed by atoms with Crippen LogP contribution in [0.3, 0.4) is 0 Å². The van der Waals surface area contributed by atoms with Crippen LogP contribution >= 0.6 is 11.8 Å². The number of amides is 1. The standard InChI is InChI=1S/C23H43N5OS/c1-4-24-22(26-20-8-12-27(13-9-20)21(29)19(2)3)25-18-23(10-6-5-7-11-23)28-14-16-30-17-15-28/h19-20H,4-18H2,1-3H3,(H2,24,25,26). The van der Waals surface area contributed by atoms with Crippen LogP contribution in [0.1, 0.15) is 65.7 Å². The zero-order chi connectivity index (χ0) is 21.4. The fourth-order valence-electron chi connectivity index (χ4n) is 5.17. The van der Waals surface area contributed by atoms with Crippen LogP contribution in [0.25, 0.3) is 0 Å². The predicted octanol–water partition coefficient (Wildman–Crippen LogP) is 2.94. The molecule has 6 nitrogen and oxygen atoms in total. The summed E-state index contributed by atoms with van der Waals surface area (Å²) in [4.78, 5) is 22.2. The fraction of sp³-hybridized carbons (Fsp3) is 0.913. The van der Waals surface area contributed by atoms with Crippen molar-refractivity contribution in [1.82, 2.24) is 20.4 Å². The molecule has 0 aromatic carbocycles. The number of likely N-dealkylation sites (tertiary alicyclic amines) is 1. The predicted molar refractivity (Wildman–Crippen MR) is 128 cm³/mol. The average Bonchev–Trinajstić information content (AvgIpc) is 2.79. The molecule has 30 heavy (non-hydrogen) atoms. The summed E-state index contributed by atoms with van der Waals surface area (Å²) in [7, 11) is 0. The SMILES string of the molecule is CCNC(=NCC1(N2CCSCC2)CCCCC1)NC1CCN(C(=O)C(C)C)CC1. The maximum absolute atomic E-state index is 12.3. The number of piperidine rings is 1. The Balaban J connectivity index is 1.60. The Morgan fingerprint density at radius 1 is 1.10 bits per heavy atom. The Labute approximate surface area is 188 Å². The molecule has 3 fully saturated rings. The lowest BCUT2D eigenvalue weighted by Gasteiger charge is -2.47. The van der Waals surface area contributed by atoms with Crippen molar-refractivity contribution in [1.29, 1.82) is 0 Å². The van der Waals surface area contributed by atoms with Gasteiger partial charge in [0.05, 0.1) is 6.54 Å². The van der Waals surface area contributed by atoms with E-state index in [2.05, 4.69) is 34.2 Å². The molecule has 0 radical (unpaired) electrons. The van der Waals surface area contributed by atoms with Gasteiger partial charge in [-0.05, 0) is 32.6 Å². The zero-order valence-corrected chi connectivity index (χ0v) is 20.2. The minimum Gasteiger partial charge on any atom is -0.357 e. The van der Waals surface area contributed by atoms with Crippen molar-refractivity contribution >= 4 is 23.6 Å². The number of nitrogens with zero attached hydrogens (tertiary/aromatic N) is 3. The molecule has 0 unspecified atom stereocenters. The first-order valence-electron chi connectivity index (χ1n) is 12.2. The van der Waals surface area contributed by atoms with Crippen molar-refractivity contribution < 1.29 is 4.79 Å². The van der Waals surface area contributed by atoms with E-state index in [0.717, 1.165) is 45.0 Å². The van der Waals surface area contributed by atoms with E-state index in [0.29, 0.717) is 6.04 Å². The van der Waals surface area contributed by atoms with Gasteiger partial charge in [-0.15, -0.1) is 0 Å². The van der Waals surface area contributed by atoms with Gasteiger partial charge in [0.25, 0.3) is 0 Å². The number of carbonyl (C=O) groups excluding carboxylic acids is 1. The molecule has 3 aliphatic rings. The van der Waals surface area contributed by atoms with E-state index in [4.69, 9.17) is 4.99 Å². The number of rotatable bonds is 6. The minimum absolute atomic E-state index is 0.0910. The molecule has 1 aliphatic carbocycles. The average molecular weight is 438 g/mol. The number of nitrogens with one attached hydrogen (secondary N) is 2. The van der Waals surface area contributed by atoms with E-state index in [1.165, 1.54) is 56.7 Å². The van der Waals surface area contributed by atoms with E-state index >= 15 is 0 Å². The molecule has 0 aromatic heterocycles. The van der Waals surface area contributed by atoms with Gasteiger partial charge in [-0.1, -0.05) is 33.1 Å². The number of thioether (sulfide) groups is 1. The summed E-state index contributed by atoms with van der Waals surface area (Å²) in [5.41, 5.74) is 0.259. The summed E-state index contributed by atoms with van der Waals surface area (Å²) in [5, 5.41) is 7.16. The molecular formula is C23H43N5OS. The van der Waals surface area contributed by atoms with Crippen LogP contribution in [0.5, 0.6) is 0 Å². The first-order chi connectivity index (χ1) is 14.5. The third-order valence-corrected chi connectivity index (χ3v) is 7.93. The number of hydrogen-bond donors (Lipinski definition) is 2. The van der Waals surface area contributed by atoms with E-state index in [1.807, 2.05) is 18.7 Å². The Bertz CT molecular complexity index is 562. The van der Waals surface area contributed by atoms with Gasteiger partial charge >= 0.3 is 0 Å². The van der Waals surface area contributed by atoms with Gasteiger partial charge in [0.15, 0.2) is 5.96 Å². The Morgan fingerprint density at radius 2 is 1.77 bits per heavy atom. The molecule has 0 atom stereocenters. The molecular weight excluding hydrogens is 394 g/mol. The van der Waals surface area contributed by atoms with E-state index in [1.54, 1.807) is 0 Å². The van der Waals surface area contributed by atoms with E-state index in [-0.39, 0.29) is 17.4 Å². The van der Waals surface area contributed by atoms with Crippen LogP contribution in [0.2, 0.25) is 0 Å². The molecule has 1 amide bonds. The molecule has 0 bridgehead atoms. The number of hydrogen-bond acceptors (Lipinski definition) is 4. The quantitative estimate of drug-likeness (QED) is 0.494. The summed E-state index contributed by atoms with van der Waals surface area (Å²) < 4.78 is 0. The Hall–Kier alpha value is -0.950. The van der Waals surface area contributed by atoms with E-state index < -0.39 is 0 Å². The summed E-state index contributed by atoms with van der Waals surface area (Å²) in [6.45, 7) is 12.0. The molecule has 172 valence electrons. The highest BCUT2D eigenvalue weighted by Crippen LogP contribution is 2.35. The number of guanidine groups is 1. The van der Waals surface area contributed by atoms with Crippen molar-refractivity contribution in [2.24, 2.45) is 10.9 Å². The molecule has 2 heterocycles. The zero-order valence-electron chi connectivity index (χ0n) is 19.4. The molecule has 0 aromatic rings. The molecule has 2 N–H and O–H groups in total. The van der Waals surface area contributed by atoms with Gasteiger partial charge < -0.3 is 15.5 Å². The van der Waals surface area contributed by atoms with Crippen LogP contribution in [0.15, 0.2) is 4.99 Å². The van der Waals surface area contributed by atoms with Crippen molar-refractivity contribution in [3.05, 3.63) is 0 Å². The topological polar surface area (TPSA) is 60.0 Å². The van der Waals surface area contributed by atoms with Gasteiger partial charge in [0, 0.05) is 61.7 Å². The Kier molecular flexibility index (Phi) is 9.17. The van der Waals surface area contributed by atoms with Crippen LogP contribution in [0.4, 0.5) is 0 Å². The maximum atomic E-state index is 12.3. The lowest BCUT2D eigenvalue weighted by molar-refractivity contribution is -0.135. The van der Waals surface area contributed by atoms with Crippen molar-refractivity contribution in [2.75, 3.05) is 50.8 Å². The van der Waals surface area contributed by atoms with Crippen LogP contribution < -0.4 is 10.6 Å². The van der Waals surface area contributed by atoms with Crippen molar-refractivity contribution in [2.45, 2.75) is 77.3 Å². The molecule has 0 spiro atoms. The molecule has 1 saturated carbocycles. The first kappa shape index (κ1) is 23.7. The second-order valence-corrected chi connectivity index (χ2v) is 10.7. The van der Waals surface area contributed by atoms with Crippen molar-refractivity contribution in [3.63, 3.8) is 0 Å². The van der Waals surface area contributed by atoms with Gasteiger partial charge in [0.1, 0.15) is 0 Å². The summed E-state index contributed by atoms with van der Waals surface area (Å²) in [5.74, 6) is 3.86. The smallest absolute Gasteiger partial charge is 0.225 e. The largest absolute Gasteiger partial charge is 0.357 e. The first-order valence-corrected chi connectivity index (χ1v) is 13.4. The molecule has 3 rings (SSSR count). The minimum atomic E-state index is 0.0910. The molecule has 7 heteroatoms. The maximum Gasteiger partial charge on any atom is 0.225 e. The molecule has 2 aliphatic heterocycles. The lowest BCUT2D eigenvalue weighted by Crippen LogP contribution is -2.56. The Morgan fingerprint density at radius 3 is 2.37 bits per heavy atom. The monoisotopic (exact) mass is 437 g/mol. The highest BCUT2D eigenvalue weighted by molar-refractivity contribution is 7.99. The second kappa shape index (κ2) is 11.6. The second-order valence-electron chi connectivity index (χ2n) is 9.48.